The summed E-state index contributed by atoms with van der Waals surface area (Å²) in [7, 11) is 0. The van der Waals surface area contributed by atoms with Crippen LogP contribution in [0.15, 0.2) is 23.6 Å². The van der Waals surface area contributed by atoms with Crippen LogP contribution >= 0.6 is 11.3 Å². The molecule has 0 bridgehead atoms. The first-order chi connectivity index (χ1) is 8.82. The highest BCUT2D eigenvalue weighted by atomic mass is 32.1. The number of phenolic OH excluding ortho intramolecular Hbond substituents is 1. The first-order valence-corrected chi connectivity index (χ1v) is 6.38. The SMILES string of the molecule is CC(C)(C(=O)O)c1csc(-c2ccc(O)cc2F)n1. The number of thiazole rings is 1. The number of phenols is 1. The lowest BCUT2D eigenvalue weighted by molar-refractivity contribution is -0.142. The molecule has 1 aromatic heterocycles. The lowest BCUT2D eigenvalue weighted by Crippen LogP contribution is -2.28. The Hall–Kier alpha value is -1.95. The van der Waals surface area contributed by atoms with Crippen LogP contribution in [0.25, 0.3) is 10.6 Å². The molecule has 2 rings (SSSR count). The highest BCUT2D eigenvalue weighted by Crippen LogP contribution is 2.32. The number of benzene rings is 1. The normalized spacial score (nSPS) is 11.5. The number of carboxylic acid groups (broad SMARTS) is 1. The van der Waals surface area contributed by atoms with Crippen molar-refractivity contribution < 1.29 is 19.4 Å². The monoisotopic (exact) mass is 281 g/mol. The van der Waals surface area contributed by atoms with E-state index in [0.717, 1.165) is 6.07 Å². The van der Waals surface area contributed by atoms with Crippen LogP contribution in [-0.2, 0) is 10.2 Å². The smallest absolute Gasteiger partial charge is 0.315 e. The molecule has 1 heterocycles. The van der Waals surface area contributed by atoms with Crippen LogP contribution in [0, 0.1) is 5.82 Å². The zero-order chi connectivity index (χ0) is 14.2. The molecule has 0 aliphatic rings. The zero-order valence-electron chi connectivity index (χ0n) is 10.3. The van der Waals surface area contributed by atoms with E-state index in [1.54, 1.807) is 19.2 Å². The summed E-state index contributed by atoms with van der Waals surface area (Å²) in [4.78, 5) is 15.3. The molecule has 0 amide bonds. The second-order valence-electron chi connectivity index (χ2n) is 4.63. The third-order valence-electron chi connectivity index (χ3n) is 2.86. The number of aromatic hydroxyl groups is 1. The van der Waals surface area contributed by atoms with Gasteiger partial charge in [-0.05, 0) is 26.0 Å². The molecule has 0 atom stereocenters. The Bertz CT molecular complexity index is 637. The van der Waals surface area contributed by atoms with Gasteiger partial charge in [0.05, 0.1) is 5.69 Å². The van der Waals surface area contributed by atoms with Crippen molar-refractivity contribution in [3.05, 3.63) is 35.1 Å². The van der Waals surface area contributed by atoms with Gasteiger partial charge >= 0.3 is 5.97 Å². The van der Waals surface area contributed by atoms with E-state index in [4.69, 9.17) is 10.2 Å². The molecule has 19 heavy (non-hydrogen) atoms. The van der Waals surface area contributed by atoms with E-state index in [1.165, 1.54) is 23.5 Å². The summed E-state index contributed by atoms with van der Waals surface area (Å²) in [5.41, 5.74) is -0.495. The lowest BCUT2D eigenvalue weighted by Gasteiger charge is -2.15. The van der Waals surface area contributed by atoms with Crippen molar-refractivity contribution >= 4 is 17.3 Å². The summed E-state index contributed by atoms with van der Waals surface area (Å²) in [6.07, 6.45) is 0. The summed E-state index contributed by atoms with van der Waals surface area (Å²) in [5, 5.41) is 20.3. The highest BCUT2D eigenvalue weighted by Gasteiger charge is 2.32. The van der Waals surface area contributed by atoms with Crippen LogP contribution in [0.5, 0.6) is 5.75 Å². The standard InChI is InChI=1S/C13H12FNO3S/c1-13(2,12(17)18)10-6-19-11(15-10)8-4-3-7(16)5-9(8)14/h3-6,16H,1-2H3,(H,17,18). The lowest BCUT2D eigenvalue weighted by atomic mass is 9.90. The van der Waals surface area contributed by atoms with Gasteiger partial charge < -0.3 is 10.2 Å². The summed E-state index contributed by atoms with van der Waals surface area (Å²) in [6, 6.07) is 3.78. The number of nitrogens with zero attached hydrogens (tertiary/aromatic N) is 1. The number of hydrogen-bond donors (Lipinski definition) is 2. The van der Waals surface area contributed by atoms with Crippen molar-refractivity contribution in [3.8, 4) is 16.3 Å². The number of carbonyl (C=O) groups is 1. The van der Waals surface area contributed by atoms with Crippen molar-refractivity contribution in [3.63, 3.8) is 0 Å². The molecule has 0 aliphatic heterocycles. The minimum Gasteiger partial charge on any atom is -0.508 e. The molecule has 0 radical (unpaired) electrons. The predicted molar refractivity (Wildman–Crippen MR) is 69.8 cm³/mol. The average molecular weight is 281 g/mol. The molecule has 0 fully saturated rings. The van der Waals surface area contributed by atoms with Gasteiger partial charge in [-0.2, -0.15) is 0 Å². The Morgan fingerprint density at radius 2 is 2.11 bits per heavy atom. The van der Waals surface area contributed by atoms with Crippen LogP contribution in [0.2, 0.25) is 0 Å². The zero-order valence-corrected chi connectivity index (χ0v) is 11.2. The fourth-order valence-electron chi connectivity index (χ4n) is 1.47. The Morgan fingerprint density at radius 3 is 2.68 bits per heavy atom. The molecule has 2 aromatic rings. The maximum Gasteiger partial charge on any atom is 0.315 e. The van der Waals surface area contributed by atoms with Gasteiger partial charge in [0.1, 0.15) is 22.0 Å². The van der Waals surface area contributed by atoms with E-state index in [-0.39, 0.29) is 11.3 Å². The van der Waals surface area contributed by atoms with Crippen LogP contribution < -0.4 is 0 Å². The number of hydrogen-bond acceptors (Lipinski definition) is 4. The minimum atomic E-state index is -1.12. The van der Waals surface area contributed by atoms with E-state index in [9.17, 15) is 9.18 Å². The summed E-state index contributed by atoms with van der Waals surface area (Å²) >= 11 is 1.17. The second kappa shape index (κ2) is 4.62. The molecule has 0 saturated heterocycles. The number of aliphatic carboxylic acids is 1. The number of carboxylic acids is 1. The highest BCUT2D eigenvalue weighted by molar-refractivity contribution is 7.13. The van der Waals surface area contributed by atoms with Gasteiger partial charge in [-0.1, -0.05) is 0 Å². The predicted octanol–water partition coefficient (Wildman–Crippen LogP) is 3.02. The number of rotatable bonds is 3. The molecule has 1 aromatic carbocycles. The fourth-order valence-corrected chi connectivity index (χ4v) is 2.49. The maximum atomic E-state index is 13.7. The average Bonchev–Trinajstić information content (AvgIpc) is 2.78. The maximum absolute atomic E-state index is 13.7. The van der Waals surface area contributed by atoms with Crippen molar-refractivity contribution in [1.82, 2.24) is 4.98 Å². The molecule has 6 heteroatoms. The van der Waals surface area contributed by atoms with E-state index in [2.05, 4.69) is 4.98 Å². The molecule has 0 aliphatic carbocycles. The van der Waals surface area contributed by atoms with Crippen molar-refractivity contribution in [2.45, 2.75) is 19.3 Å². The Balaban J connectivity index is 2.44. The Morgan fingerprint density at radius 1 is 1.42 bits per heavy atom. The van der Waals surface area contributed by atoms with E-state index in [1.807, 2.05) is 0 Å². The van der Waals surface area contributed by atoms with Gasteiger partial charge in [0.2, 0.25) is 0 Å². The third kappa shape index (κ3) is 2.44. The van der Waals surface area contributed by atoms with Crippen LogP contribution in [0.4, 0.5) is 4.39 Å². The molecular weight excluding hydrogens is 269 g/mol. The van der Waals surface area contributed by atoms with Gasteiger partial charge in [-0.15, -0.1) is 11.3 Å². The van der Waals surface area contributed by atoms with Gasteiger partial charge in [-0.25, -0.2) is 9.37 Å². The number of halogens is 1. The molecule has 0 unspecified atom stereocenters. The molecule has 2 N–H and O–H groups in total. The van der Waals surface area contributed by atoms with Crippen LogP contribution in [0.3, 0.4) is 0 Å². The Labute approximate surface area is 113 Å². The van der Waals surface area contributed by atoms with Crippen LogP contribution in [-0.4, -0.2) is 21.2 Å². The summed E-state index contributed by atoms with van der Waals surface area (Å²) in [6.45, 7) is 3.09. The molecular formula is C13H12FNO3S. The van der Waals surface area contributed by atoms with E-state index in [0.29, 0.717) is 10.7 Å². The van der Waals surface area contributed by atoms with E-state index < -0.39 is 17.2 Å². The molecule has 4 nitrogen and oxygen atoms in total. The van der Waals surface area contributed by atoms with Crippen LogP contribution in [0.1, 0.15) is 19.5 Å². The largest absolute Gasteiger partial charge is 0.508 e. The summed E-state index contributed by atoms with van der Waals surface area (Å²) in [5.74, 6) is -1.74. The minimum absolute atomic E-state index is 0.163. The first kappa shape index (κ1) is 13.5. The second-order valence-corrected chi connectivity index (χ2v) is 5.49. The molecule has 100 valence electrons. The third-order valence-corrected chi connectivity index (χ3v) is 3.74. The first-order valence-electron chi connectivity index (χ1n) is 5.50. The molecule has 0 spiro atoms. The topological polar surface area (TPSA) is 70.4 Å². The Kier molecular flexibility index (Phi) is 3.28. The van der Waals surface area contributed by atoms with Crippen molar-refractivity contribution in [1.29, 1.82) is 0 Å². The van der Waals surface area contributed by atoms with Gasteiger partial charge in [-0.3, -0.25) is 4.79 Å². The van der Waals surface area contributed by atoms with Crippen molar-refractivity contribution in [2.75, 3.05) is 0 Å². The van der Waals surface area contributed by atoms with Gasteiger partial charge in [0.25, 0.3) is 0 Å². The van der Waals surface area contributed by atoms with Crippen molar-refractivity contribution in [2.24, 2.45) is 0 Å². The molecule has 0 saturated carbocycles. The van der Waals surface area contributed by atoms with Gasteiger partial charge in [0.15, 0.2) is 0 Å². The van der Waals surface area contributed by atoms with E-state index >= 15 is 0 Å². The number of aromatic nitrogens is 1. The van der Waals surface area contributed by atoms with Gasteiger partial charge in [0, 0.05) is 17.0 Å². The fraction of sp³-hybridized carbons (Fsp3) is 0.231. The quantitative estimate of drug-likeness (QED) is 0.907. The summed E-state index contributed by atoms with van der Waals surface area (Å²) < 4.78 is 13.7.